The number of carbonyl (C=O) groups is 1. The van der Waals surface area contributed by atoms with Crippen LogP contribution in [-0.2, 0) is 6.42 Å². The zero-order valence-electron chi connectivity index (χ0n) is 17.1. The number of nitrogens with zero attached hydrogens (tertiary/aromatic N) is 8. The highest BCUT2D eigenvalue weighted by Gasteiger charge is 2.42. The minimum atomic E-state index is -0.0666. The molecule has 156 valence electrons. The number of likely N-dealkylation sites (tertiary alicyclic amines) is 1. The molecule has 5 rings (SSSR count). The van der Waals surface area contributed by atoms with Crippen LogP contribution in [0.1, 0.15) is 30.2 Å². The molecule has 10 nitrogen and oxygen atoms in total. The zero-order chi connectivity index (χ0) is 20.7. The SMILES string of the molecule is CCOc1ccc(C(=O)N2CC3CN(c4ccc5nnc(CC)n5n4)CC3C2)nn1. The van der Waals surface area contributed by atoms with Crippen molar-refractivity contribution in [1.82, 2.24) is 34.9 Å². The van der Waals surface area contributed by atoms with E-state index in [1.165, 1.54) is 0 Å². The standard InChI is InChI=1S/C20H24N8O2/c1-3-16-22-23-17-6-7-18(25-28(16)17)26-9-13-11-27(12-14(13)10-26)20(29)15-5-8-19(24-21-15)30-4-2/h5-8,13-14H,3-4,9-12H2,1-2H3. The van der Waals surface area contributed by atoms with Crippen LogP contribution in [0.15, 0.2) is 24.3 Å². The number of ether oxygens (including phenoxy) is 1. The maximum absolute atomic E-state index is 12.8. The quantitative estimate of drug-likeness (QED) is 0.618. The molecular weight excluding hydrogens is 384 g/mol. The molecule has 10 heteroatoms. The molecule has 2 aliphatic rings. The van der Waals surface area contributed by atoms with Crippen molar-refractivity contribution in [2.24, 2.45) is 11.8 Å². The highest BCUT2D eigenvalue weighted by Crippen LogP contribution is 2.33. The topological polar surface area (TPSA) is 102 Å². The first-order valence-electron chi connectivity index (χ1n) is 10.4. The lowest BCUT2D eigenvalue weighted by atomic mass is 10.0. The Morgan fingerprint density at radius 3 is 2.47 bits per heavy atom. The van der Waals surface area contributed by atoms with Crippen LogP contribution in [0.2, 0.25) is 0 Å². The molecule has 0 aromatic carbocycles. The number of hydrogen-bond acceptors (Lipinski definition) is 8. The summed E-state index contributed by atoms with van der Waals surface area (Å²) >= 11 is 0. The summed E-state index contributed by atoms with van der Waals surface area (Å²) in [5, 5.41) is 21.1. The fourth-order valence-corrected chi connectivity index (χ4v) is 4.38. The Morgan fingerprint density at radius 2 is 1.80 bits per heavy atom. The van der Waals surface area contributed by atoms with Crippen LogP contribution in [0.4, 0.5) is 5.82 Å². The van der Waals surface area contributed by atoms with E-state index in [-0.39, 0.29) is 5.91 Å². The number of carbonyl (C=O) groups excluding carboxylic acids is 1. The first kappa shape index (κ1) is 18.7. The van der Waals surface area contributed by atoms with Gasteiger partial charge in [0.25, 0.3) is 5.91 Å². The van der Waals surface area contributed by atoms with Crippen molar-refractivity contribution in [2.45, 2.75) is 20.3 Å². The van der Waals surface area contributed by atoms with Crippen molar-refractivity contribution in [3.05, 3.63) is 35.8 Å². The average Bonchev–Trinajstić information content (AvgIpc) is 3.46. The van der Waals surface area contributed by atoms with Crippen molar-refractivity contribution in [1.29, 1.82) is 0 Å². The summed E-state index contributed by atoms with van der Waals surface area (Å²) in [6.07, 6.45) is 0.786. The van der Waals surface area contributed by atoms with Gasteiger partial charge in [0.05, 0.1) is 6.61 Å². The fraction of sp³-hybridized carbons (Fsp3) is 0.500. The number of fused-ring (bicyclic) bond motifs is 2. The number of aryl methyl sites for hydroxylation is 1. The second kappa shape index (κ2) is 7.51. The van der Waals surface area contributed by atoms with Gasteiger partial charge in [-0.15, -0.1) is 25.5 Å². The Labute approximate surface area is 173 Å². The van der Waals surface area contributed by atoms with Crippen LogP contribution in [0.3, 0.4) is 0 Å². The van der Waals surface area contributed by atoms with E-state index in [2.05, 4.69) is 25.3 Å². The van der Waals surface area contributed by atoms with E-state index in [4.69, 9.17) is 9.84 Å². The maximum atomic E-state index is 12.8. The molecule has 1 amide bonds. The van der Waals surface area contributed by atoms with Crippen molar-refractivity contribution >= 4 is 17.4 Å². The Hall–Kier alpha value is -3.30. The molecule has 2 atom stereocenters. The van der Waals surface area contributed by atoms with Crippen molar-refractivity contribution in [2.75, 3.05) is 37.7 Å². The minimum absolute atomic E-state index is 0.0666. The lowest BCUT2D eigenvalue weighted by Crippen LogP contribution is -2.34. The summed E-state index contributed by atoms with van der Waals surface area (Å²) in [7, 11) is 0. The van der Waals surface area contributed by atoms with Crippen LogP contribution >= 0.6 is 0 Å². The summed E-state index contributed by atoms with van der Waals surface area (Å²) in [5.41, 5.74) is 1.13. The Bertz CT molecular complexity index is 1050. The van der Waals surface area contributed by atoms with E-state index in [0.717, 1.165) is 49.9 Å². The second-order valence-corrected chi connectivity index (χ2v) is 7.76. The zero-order valence-corrected chi connectivity index (χ0v) is 17.1. The summed E-state index contributed by atoms with van der Waals surface area (Å²) in [6.45, 7) is 7.67. The average molecular weight is 408 g/mol. The highest BCUT2D eigenvalue weighted by molar-refractivity contribution is 5.92. The number of rotatable bonds is 5. The molecule has 3 aromatic rings. The van der Waals surface area contributed by atoms with Gasteiger partial charge < -0.3 is 14.5 Å². The molecule has 2 unspecified atom stereocenters. The third kappa shape index (κ3) is 3.21. The Kier molecular flexibility index (Phi) is 4.68. The van der Waals surface area contributed by atoms with E-state index < -0.39 is 0 Å². The molecule has 2 saturated heterocycles. The van der Waals surface area contributed by atoms with Crippen LogP contribution in [-0.4, -0.2) is 73.6 Å². The molecule has 0 aliphatic carbocycles. The smallest absolute Gasteiger partial charge is 0.274 e. The number of anilines is 1. The molecule has 0 spiro atoms. The van der Waals surface area contributed by atoms with Gasteiger partial charge >= 0.3 is 0 Å². The minimum Gasteiger partial charge on any atom is -0.477 e. The van der Waals surface area contributed by atoms with Crippen LogP contribution in [0.5, 0.6) is 5.88 Å². The van der Waals surface area contributed by atoms with E-state index in [1.807, 2.05) is 35.4 Å². The third-order valence-corrected chi connectivity index (χ3v) is 5.88. The highest BCUT2D eigenvalue weighted by atomic mass is 16.5. The lowest BCUT2D eigenvalue weighted by molar-refractivity contribution is 0.0775. The Morgan fingerprint density at radius 1 is 1.00 bits per heavy atom. The van der Waals surface area contributed by atoms with Gasteiger partial charge in [0.2, 0.25) is 5.88 Å². The number of amides is 1. The van der Waals surface area contributed by atoms with Gasteiger partial charge in [-0.1, -0.05) is 6.92 Å². The second-order valence-electron chi connectivity index (χ2n) is 7.76. The lowest BCUT2D eigenvalue weighted by Gasteiger charge is -2.22. The normalized spacial score (nSPS) is 20.7. The molecule has 30 heavy (non-hydrogen) atoms. The molecule has 2 aliphatic heterocycles. The molecule has 3 aromatic heterocycles. The van der Waals surface area contributed by atoms with Crippen LogP contribution < -0.4 is 9.64 Å². The van der Waals surface area contributed by atoms with Gasteiger partial charge in [-0.05, 0) is 25.1 Å². The van der Waals surface area contributed by atoms with Gasteiger partial charge in [0.1, 0.15) is 5.82 Å². The first-order chi connectivity index (χ1) is 14.7. The third-order valence-electron chi connectivity index (χ3n) is 5.88. The molecular formula is C20H24N8O2. The van der Waals surface area contributed by atoms with E-state index in [0.29, 0.717) is 30.0 Å². The first-order valence-corrected chi connectivity index (χ1v) is 10.4. The van der Waals surface area contributed by atoms with Gasteiger partial charge in [-0.2, -0.15) is 4.52 Å². The largest absolute Gasteiger partial charge is 0.477 e. The van der Waals surface area contributed by atoms with Crippen molar-refractivity contribution in [3.8, 4) is 5.88 Å². The van der Waals surface area contributed by atoms with Crippen molar-refractivity contribution < 1.29 is 9.53 Å². The summed E-state index contributed by atoms with van der Waals surface area (Å²) in [6, 6.07) is 7.34. The number of hydrogen-bond donors (Lipinski definition) is 0. The summed E-state index contributed by atoms with van der Waals surface area (Å²) in [5.74, 6) is 3.01. The summed E-state index contributed by atoms with van der Waals surface area (Å²) < 4.78 is 7.12. The van der Waals surface area contributed by atoms with Gasteiger partial charge in [-0.3, -0.25) is 4.79 Å². The monoisotopic (exact) mass is 408 g/mol. The van der Waals surface area contributed by atoms with E-state index in [1.54, 1.807) is 12.1 Å². The van der Waals surface area contributed by atoms with E-state index in [9.17, 15) is 4.79 Å². The van der Waals surface area contributed by atoms with Crippen LogP contribution in [0.25, 0.3) is 5.65 Å². The molecule has 0 saturated carbocycles. The fourth-order valence-electron chi connectivity index (χ4n) is 4.38. The predicted molar refractivity (Wildman–Crippen MR) is 108 cm³/mol. The molecule has 5 heterocycles. The molecule has 0 bridgehead atoms. The predicted octanol–water partition coefficient (Wildman–Crippen LogP) is 1.08. The van der Waals surface area contributed by atoms with Crippen molar-refractivity contribution in [3.63, 3.8) is 0 Å². The molecule has 0 radical (unpaired) electrons. The van der Waals surface area contributed by atoms with Gasteiger partial charge in [0.15, 0.2) is 17.2 Å². The summed E-state index contributed by atoms with van der Waals surface area (Å²) in [4.78, 5) is 17.0. The maximum Gasteiger partial charge on any atom is 0.274 e. The van der Waals surface area contributed by atoms with Gasteiger partial charge in [-0.25, -0.2) is 0 Å². The molecule has 0 N–H and O–H groups in total. The van der Waals surface area contributed by atoms with Gasteiger partial charge in [0, 0.05) is 50.5 Å². The molecule has 2 fully saturated rings. The van der Waals surface area contributed by atoms with E-state index >= 15 is 0 Å². The van der Waals surface area contributed by atoms with Crippen LogP contribution in [0, 0.1) is 11.8 Å². The number of aromatic nitrogens is 6. The Balaban J connectivity index is 1.25.